The Balaban J connectivity index is 1.94. The minimum Gasteiger partial charge on any atom is -0.481 e. The molecule has 100 valence electrons. The highest BCUT2D eigenvalue weighted by atomic mass is 32.1. The fourth-order valence-corrected chi connectivity index (χ4v) is 2.02. The molecule has 0 aliphatic carbocycles. The van der Waals surface area contributed by atoms with Crippen LogP contribution in [0.1, 0.15) is 17.5 Å². The molecule has 0 saturated heterocycles. The number of benzene rings is 1. The fraction of sp³-hybridized carbons (Fsp3) is 0.308. The van der Waals surface area contributed by atoms with Crippen LogP contribution in [0.3, 0.4) is 0 Å². The summed E-state index contributed by atoms with van der Waals surface area (Å²) in [5, 5.41) is 11.6. The van der Waals surface area contributed by atoms with Crippen molar-refractivity contribution in [2.45, 2.75) is 26.9 Å². The highest BCUT2D eigenvalue weighted by Crippen LogP contribution is 2.16. The normalized spacial score (nSPS) is 11.9. The van der Waals surface area contributed by atoms with E-state index in [0.717, 1.165) is 10.6 Å². The van der Waals surface area contributed by atoms with Crippen molar-refractivity contribution in [3.63, 3.8) is 0 Å². The van der Waals surface area contributed by atoms with E-state index in [4.69, 9.17) is 4.74 Å². The van der Waals surface area contributed by atoms with Gasteiger partial charge in [0.05, 0.1) is 0 Å². The van der Waals surface area contributed by atoms with Crippen LogP contribution in [0.25, 0.3) is 0 Å². The minimum atomic E-state index is -0.591. The van der Waals surface area contributed by atoms with Gasteiger partial charge in [0.1, 0.15) is 10.8 Å². The van der Waals surface area contributed by atoms with Gasteiger partial charge in [0.15, 0.2) is 6.10 Å². The molecule has 0 fully saturated rings. The molecule has 1 N–H and O–H groups in total. The van der Waals surface area contributed by atoms with Gasteiger partial charge < -0.3 is 4.74 Å². The molecule has 1 heterocycles. The summed E-state index contributed by atoms with van der Waals surface area (Å²) in [6, 6.07) is 7.56. The van der Waals surface area contributed by atoms with Crippen molar-refractivity contribution in [2.75, 3.05) is 5.32 Å². The first-order valence-corrected chi connectivity index (χ1v) is 6.70. The number of hydrogen-bond acceptors (Lipinski definition) is 5. The van der Waals surface area contributed by atoms with E-state index in [9.17, 15) is 4.79 Å². The Kier molecular flexibility index (Phi) is 4.11. The van der Waals surface area contributed by atoms with Crippen molar-refractivity contribution < 1.29 is 9.53 Å². The second-order valence-electron chi connectivity index (χ2n) is 4.19. The Hall–Kier alpha value is -1.95. The Morgan fingerprint density at radius 3 is 2.53 bits per heavy atom. The second kappa shape index (κ2) is 5.79. The van der Waals surface area contributed by atoms with Crippen LogP contribution >= 0.6 is 11.3 Å². The number of amides is 1. The number of carbonyl (C=O) groups excluding carboxylic acids is 1. The number of hydrogen-bond donors (Lipinski definition) is 1. The van der Waals surface area contributed by atoms with Gasteiger partial charge >= 0.3 is 0 Å². The van der Waals surface area contributed by atoms with Gasteiger partial charge in [0.25, 0.3) is 5.91 Å². The van der Waals surface area contributed by atoms with E-state index in [1.54, 1.807) is 6.92 Å². The van der Waals surface area contributed by atoms with E-state index in [-0.39, 0.29) is 5.91 Å². The van der Waals surface area contributed by atoms with E-state index >= 15 is 0 Å². The lowest BCUT2D eigenvalue weighted by atomic mass is 10.2. The molecule has 0 saturated carbocycles. The van der Waals surface area contributed by atoms with Crippen LogP contribution in [0.2, 0.25) is 0 Å². The summed E-state index contributed by atoms with van der Waals surface area (Å²) in [6.45, 7) is 5.53. The Labute approximate surface area is 115 Å². The predicted molar refractivity (Wildman–Crippen MR) is 74.5 cm³/mol. The first kappa shape index (κ1) is 13.5. The van der Waals surface area contributed by atoms with E-state index in [1.807, 2.05) is 38.1 Å². The van der Waals surface area contributed by atoms with Gasteiger partial charge in [0.2, 0.25) is 5.13 Å². The van der Waals surface area contributed by atoms with Gasteiger partial charge in [0, 0.05) is 0 Å². The molecule has 0 spiro atoms. The Morgan fingerprint density at radius 2 is 1.95 bits per heavy atom. The number of anilines is 1. The molecule has 19 heavy (non-hydrogen) atoms. The first-order valence-electron chi connectivity index (χ1n) is 5.89. The number of nitrogens with zero attached hydrogens (tertiary/aromatic N) is 2. The van der Waals surface area contributed by atoms with E-state index in [0.29, 0.717) is 10.9 Å². The number of ether oxygens (including phenoxy) is 1. The van der Waals surface area contributed by atoms with Crippen LogP contribution in [0.4, 0.5) is 5.13 Å². The van der Waals surface area contributed by atoms with E-state index < -0.39 is 6.10 Å². The number of rotatable bonds is 4. The second-order valence-corrected chi connectivity index (χ2v) is 5.37. The van der Waals surface area contributed by atoms with Crippen LogP contribution in [0, 0.1) is 13.8 Å². The third kappa shape index (κ3) is 3.75. The molecule has 1 aromatic heterocycles. The minimum absolute atomic E-state index is 0.239. The van der Waals surface area contributed by atoms with Gasteiger partial charge in [-0.3, -0.25) is 10.1 Å². The van der Waals surface area contributed by atoms with Crippen molar-refractivity contribution in [2.24, 2.45) is 0 Å². The number of aromatic nitrogens is 2. The summed E-state index contributed by atoms with van der Waals surface area (Å²) in [5.41, 5.74) is 1.15. The highest BCUT2D eigenvalue weighted by molar-refractivity contribution is 7.15. The summed E-state index contributed by atoms with van der Waals surface area (Å²) in [5.74, 6) is 0.429. The molecule has 0 aliphatic heterocycles. The maximum atomic E-state index is 11.9. The van der Waals surface area contributed by atoms with Crippen LogP contribution < -0.4 is 10.1 Å². The van der Waals surface area contributed by atoms with Crippen LogP contribution in [-0.2, 0) is 4.79 Å². The van der Waals surface area contributed by atoms with Crippen molar-refractivity contribution in [1.29, 1.82) is 0 Å². The molecule has 0 aliphatic rings. The van der Waals surface area contributed by atoms with Gasteiger partial charge in [-0.2, -0.15) is 0 Å². The summed E-state index contributed by atoms with van der Waals surface area (Å²) >= 11 is 1.33. The lowest BCUT2D eigenvalue weighted by Crippen LogP contribution is -2.30. The van der Waals surface area contributed by atoms with Gasteiger partial charge in [-0.05, 0) is 32.9 Å². The first-order chi connectivity index (χ1) is 9.04. The molecular formula is C13H15N3O2S. The fourth-order valence-electron chi connectivity index (χ4n) is 1.43. The van der Waals surface area contributed by atoms with Crippen molar-refractivity contribution in [3.8, 4) is 5.75 Å². The molecule has 0 bridgehead atoms. The smallest absolute Gasteiger partial charge is 0.266 e. The molecule has 2 rings (SSSR count). The summed E-state index contributed by atoms with van der Waals surface area (Å²) in [7, 11) is 0. The number of nitrogens with one attached hydrogen (secondary N) is 1. The lowest BCUT2D eigenvalue weighted by Gasteiger charge is -2.13. The maximum absolute atomic E-state index is 11.9. The zero-order chi connectivity index (χ0) is 13.8. The largest absolute Gasteiger partial charge is 0.481 e. The Morgan fingerprint density at radius 1 is 1.26 bits per heavy atom. The van der Waals surface area contributed by atoms with Crippen LogP contribution in [0.15, 0.2) is 24.3 Å². The standard InChI is InChI=1S/C13H15N3O2S/c1-8-4-6-11(7-5-8)18-9(2)12(17)14-13-16-15-10(3)19-13/h4-7,9H,1-3H3,(H,14,16,17)/t9-/m1/s1. The molecular weight excluding hydrogens is 262 g/mol. The summed E-state index contributed by atoms with van der Waals surface area (Å²) < 4.78 is 5.55. The maximum Gasteiger partial charge on any atom is 0.266 e. The molecule has 0 radical (unpaired) electrons. The quantitative estimate of drug-likeness (QED) is 0.932. The molecule has 2 aromatic rings. The average molecular weight is 277 g/mol. The molecule has 0 unspecified atom stereocenters. The Bertz CT molecular complexity index is 566. The lowest BCUT2D eigenvalue weighted by molar-refractivity contribution is -0.122. The third-order valence-corrected chi connectivity index (χ3v) is 3.21. The van der Waals surface area contributed by atoms with Crippen molar-refractivity contribution in [1.82, 2.24) is 10.2 Å². The topological polar surface area (TPSA) is 64.1 Å². The van der Waals surface area contributed by atoms with Gasteiger partial charge in [-0.25, -0.2) is 0 Å². The highest BCUT2D eigenvalue weighted by Gasteiger charge is 2.16. The average Bonchev–Trinajstić information content (AvgIpc) is 2.77. The van der Waals surface area contributed by atoms with Crippen LogP contribution in [0.5, 0.6) is 5.75 Å². The molecule has 5 nitrogen and oxygen atoms in total. The van der Waals surface area contributed by atoms with E-state index in [1.165, 1.54) is 11.3 Å². The van der Waals surface area contributed by atoms with E-state index in [2.05, 4.69) is 15.5 Å². The zero-order valence-electron chi connectivity index (χ0n) is 11.0. The molecule has 6 heteroatoms. The molecule has 1 atom stereocenters. The third-order valence-electron chi connectivity index (χ3n) is 2.46. The monoisotopic (exact) mass is 277 g/mol. The summed E-state index contributed by atoms with van der Waals surface area (Å²) in [4.78, 5) is 11.9. The predicted octanol–water partition coefficient (Wildman–Crippen LogP) is 2.56. The number of aryl methyl sites for hydroxylation is 2. The van der Waals surface area contributed by atoms with Gasteiger partial charge in [-0.15, -0.1) is 10.2 Å². The SMILES string of the molecule is Cc1ccc(O[C@H](C)C(=O)Nc2nnc(C)s2)cc1. The van der Waals surface area contributed by atoms with Crippen molar-refractivity contribution in [3.05, 3.63) is 34.8 Å². The molecule has 1 aromatic carbocycles. The van der Waals surface area contributed by atoms with Crippen LogP contribution in [-0.4, -0.2) is 22.2 Å². The number of carbonyl (C=O) groups is 1. The zero-order valence-corrected chi connectivity index (χ0v) is 11.8. The molecule has 1 amide bonds. The van der Waals surface area contributed by atoms with Gasteiger partial charge in [-0.1, -0.05) is 29.0 Å². The van der Waals surface area contributed by atoms with Crippen molar-refractivity contribution >= 4 is 22.4 Å². The summed E-state index contributed by atoms with van der Waals surface area (Å²) in [6.07, 6.45) is -0.591.